The molecule has 0 spiro atoms. The van der Waals surface area contributed by atoms with Gasteiger partial charge < -0.3 is 28.4 Å². The van der Waals surface area contributed by atoms with Crippen molar-refractivity contribution >= 4 is 127 Å². The van der Waals surface area contributed by atoms with Crippen molar-refractivity contribution in [3.05, 3.63) is 510 Å². The Morgan fingerprint density at radius 1 is 0.129 bits per heavy atom. The first-order chi connectivity index (χ1) is 61.5. The molecule has 0 aliphatic heterocycles. The van der Waals surface area contributed by atoms with E-state index in [1.54, 1.807) is 0 Å². The monoisotopic (exact) mass is 1580 g/mol. The van der Waals surface area contributed by atoms with E-state index in [-0.39, 0.29) is 0 Å². The Kier molecular flexibility index (Phi) is 20.4. The molecule has 3 heterocycles. The van der Waals surface area contributed by atoms with Gasteiger partial charge in [0.1, 0.15) is 0 Å². The molecule has 0 saturated carbocycles. The lowest BCUT2D eigenvalue weighted by atomic mass is 9.98. The van der Waals surface area contributed by atoms with Crippen LogP contribution in [-0.2, 0) is 0 Å². The minimum atomic E-state index is 1.11. The van der Waals surface area contributed by atoms with Gasteiger partial charge in [-0.1, -0.05) is 328 Å². The molecule has 20 aromatic carbocycles. The Hall–Kier alpha value is -16.5. The zero-order valence-corrected chi connectivity index (χ0v) is 68.2. The average molecular weight is 1590 g/mol. The highest BCUT2D eigenvalue weighted by atomic mass is 15.2. The van der Waals surface area contributed by atoms with Gasteiger partial charge in [0, 0.05) is 101 Å². The van der Waals surface area contributed by atoms with Gasteiger partial charge in [0.2, 0.25) is 0 Å². The van der Waals surface area contributed by atoms with E-state index in [9.17, 15) is 0 Å². The smallest absolute Gasteiger partial charge is 0.0542 e. The Balaban J connectivity index is 0.000000114. The second kappa shape index (κ2) is 33.7. The maximum absolute atomic E-state index is 2.36. The van der Waals surface area contributed by atoms with E-state index >= 15 is 0 Å². The summed E-state index contributed by atoms with van der Waals surface area (Å²) < 4.78 is 7.08. The largest absolute Gasteiger partial charge is 0.310 e. The lowest BCUT2D eigenvalue weighted by Crippen LogP contribution is -2.10. The Bertz CT molecular complexity index is 7560. The molecule has 6 nitrogen and oxygen atoms in total. The van der Waals surface area contributed by atoms with Gasteiger partial charge >= 0.3 is 0 Å². The molecule has 0 radical (unpaired) electrons. The normalized spacial score (nSPS) is 11.2. The number of benzene rings is 20. The SMILES string of the molecule is c1ccc(-c2ccc(N(c3ccc(-c4ccccc4)cc3)c3ccc4c(c3)c3ccccc3n4-c3ccccc3)cc2)cc1.c1ccc(-c2ccc(N(c3ccccc3)c3ccc4c(c3)c3ccccc3n4-c3ccccc3)cc2)cc1.c1ccc(N(c2ccc(-c3cccc4ccccc34)cc2)c2ccc3c(c2)c2ccccc2n3-c2ccccc2)cc1. The molecule has 0 aliphatic carbocycles. The zero-order valence-electron chi connectivity index (χ0n) is 68.2. The van der Waals surface area contributed by atoms with Crippen molar-refractivity contribution in [1.29, 1.82) is 0 Å². The fraction of sp³-hybridized carbons (Fsp3) is 0. The van der Waals surface area contributed by atoms with Crippen molar-refractivity contribution in [1.82, 2.24) is 13.7 Å². The number of hydrogen-bond acceptors (Lipinski definition) is 3. The molecule has 3 aromatic heterocycles. The molecule has 0 fully saturated rings. The lowest BCUT2D eigenvalue weighted by Gasteiger charge is -2.26. The van der Waals surface area contributed by atoms with Gasteiger partial charge in [0.15, 0.2) is 0 Å². The van der Waals surface area contributed by atoms with E-state index in [0.29, 0.717) is 0 Å². The van der Waals surface area contributed by atoms with E-state index in [1.165, 1.54) is 132 Å². The quantitative estimate of drug-likeness (QED) is 0.0964. The maximum Gasteiger partial charge on any atom is 0.0542 e. The van der Waals surface area contributed by atoms with Crippen LogP contribution in [0.1, 0.15) is 0 Å². The first-order valence-electron chi connectivity index (χ1n) is 42.4. The molecule has 0 aliphatic rings. The van der Waals surface area contributed by atoms with Crippen LogP contribution >= 0.6 is 0 Å². The van der Waals surface area contributed by atoms with E-state index in [1.807, 2.05) is 0 Å². The van der Waals surface area contributed by atoms with Gasteiger partial charge in [0.25, 0.3) is 0 Å². The van der Waals surface area contributed by atoms with Crippen LogP contribution in [0.4, 0.5) is 51.2 Å². The van der Waals surface area contributed by atoms with Gasteiger partial charge in [-0.2, -0.15) is 0 Å². The van der Waals surface area contributed by atoms with Crippen molar-refractivity contribution in [3.8, 4) is 61.6 Å². The standard InChI is InChI=1S/C42H30N2.C40H28N2.C36H26N2/c1-4-12-31(13-5-1)33-20-24-36(25-21-33)43(37-26-22-34(23-27-37)32-14-6-2-7-15-32)38-28-29-42-40(30-38)39-18-10-11-19-41(39)44(42)35-16-8-3-9-17-35;1-3-14-31(15-4-1)41(33-24-22-30(23-25-33)36-20-11-13-29-12-7-8-18-35(29)36)34-26-27-40-38(28-34)37-19-9-10-21-39(37)42(40)32-16-5-2-6-17-32;1-4-12-27(13-5-1)28-20-22-31(23-21-28)37(29-14-6-2-7-15-29)32-24-25-36-34(26-32)33-18-10-11-19-35(33)38(36)30-16-8-3-9-17-30/h1-30H;1-28H;1-26H. The molecule has 0 bridgehead atoms. The Morgan fingerprint density at radius 2 is 0.347 bits per heavy atom. The van der Waals surface area contributed by atoms with Crippen molar-refractivity contribution in [3.63, 3.8) is 0 Å². The van der Waals surface area contributed by atoms with Gasteiger partial charge in [0.05, 0.1) is 33.1 Å². The fourth-order valence-corrected chi connectivity index (χ4v) is 17.9. The molecule has 0 unspecified atom stereocenters. The van der Waals surface area contributed by atoms with Gasteiger partial charge in [-0.05, 0) is 237 Å². The Morgan fingerprint density at radius 3 is 0.661 bits per heavy atom. The van der Waals surface area contributed by atoms with E-state index in [4.69, 9.17) is 0 Å². The highest BCUT2D eigenvalue weighted by molar-refractivity contribution is 6.13. The summed E-state index contributed by atoms with van der Waals surface area (Å²) >= 11 is 0. The Labute approximate surface area is 722 Å². The number of fused-ring (bicyclic) bond motifs is 10. The first-order valence-corrected chi connectivity index (χ1v) is 42.4. The summed E-state index contributed by atoms with van der Waals surface area (Å²) in [7, 11) is 0. The van der Waals surface area contributed by atoms with Gasteiger partial charge in [-0.15, -0.1) is 0 Å². The minimum absolute atomic E-state index is 1.11. The summed E-state index contributed by atoms with van der Waals surface area (Å²) in [5, 5.41) is 9.98. The summed E-state index contributed by atoms with van der Waals surface area (Å²) in [4.78, 5) is 7.04. The second-order valence-electron chi connectivity index (χ2n) is 31.2. The van der Waals surface area contributed by atoms with Crippen molar-refractivity contribution in [2.75, 3.05) is 14.7 Å². The van der Waals surface area contributed by atoms with E-state index in [2.05, 4.69) is 538 Å². The molecule has 0 atom stereocenters. The third-order valence-corrected chi connectivity index (χ3v) is 23.7. The third kappa shape index (κ3) is 14.6. The second-order valence-corrected chi connectivity index (χ2v) is 31.2. The molecule has 586 valence electrons. The topological polar surface area (TPSA) is 24.5 Å². The van der Waals surface area contributed by atoms with E-state index < -0.39 is 0 Å². The third-order valence-electron chi connectivity index (χ3n) is 23.7. The summed E-state index contributed by atoms with van der Waals surface area (Å²) in [6.45, 7) is 0. The van der Waals surface area contributed by atoms with Crippen LogP contribution < -0.4 is 14.7 Å². The number of rotatable bonds is 16. The highest BCUT2D eigenvalue weighted by Crippen LogP contribution is 2.46. The fourth-order valence-electron chi connectivity index (χ4n) is 17.9. The summed E-state index contributed by atoms with van der Waals surface area (Å²) in [6.07, 6.45) is 0. The van der Waals surface area contributed by atoms with Crippen LogP contribution in [0.15, 0.2) is 510 Å². The van der Waals surface area contributed by atoms with Crippen molar-refractivity contribution < 1.29 is 0 Å². The van der Waals surface area contributed by atoms with Crippen molar-refractivity contribution in [2.24, 2.45) is 0 Å². The summed E-state index contributed by atoms with van der Waals surface area (Å²) in [5.41, 5.74) is 30.6. The predicted molar refractivity (Wildman–Crippen MR) is 526 cm³/mol. The van der Waals surface area contributed by atoms with Crippen LogP contribution in [0, 0.1) is 0 Å². The lowest BCUT2D eigenvalue weighted by molar-refractivity contribution is 1.18. The number of hydrogen-bond donors (Lipinski definition) is 0. The molecule has 23 rings (SSSR count). The highest BCUT2D eigenvalue weighted by Gasteiger charge is 2.23. The van der Waals surface area contributed by atoms with Crippen LogP contribution in [0.2, 0.25) is 0 Å². The molecular weight excluding hydrogens is 1500 g/mol. The number of aromatic nitrogens is 3. The molecular formula is C118H84N6. The van der Waals surface area contributed by atoms with Crippen LogP contribution in [0.3, 0.4) is 0 Å². The number of para-hydroxylation sites is 8. The maximum atomic E-state index is 2.36. The zero-order chi connectivity index (χ0) is 82.5. The van der Waals surface area contributed by atoms with Crippen LogP contribution in [0.25, 0.3) is 138 Å². The summed E-state index contributed by atoms with van der Waals surface area (Å²) in [5.74, 6) is 0. The average Bonchev–Trinajstić information content (AvgIpc) is 1.59. The molecule has 23 aromatic rings. The van der Waals surface area contributed by atoms with Gasteiger partial charge in [-0.25, -0.2) is 0 Å². The molecule has 124 heavy (non-hydrogen) atoms. The van der Waals surface area contributed by atoms with Crippen LogP contribution in [-0.4, -0.2) is 13.7 Å². The molecule has 0 N–H and O–H groups in total. The van der Waals surface area contributed by atoms with Crippen LogP contribution in [0.5, 0.6) is 0 Å². The minimum Gasteiger partial charge on any atom is -0.310 e. The molecule has 6 heteroatoms. The molecule has 0 amide bonds. The van der Waals surface area contributed by atoms with Gasteiger partial charge in [-0.3, -0.25) is 0 Å². The number of anilines is 9. The van der Waals surface area contributed by atoms with E-state index in [0.717, 1.165) is 56.9 Å². The predicted octanol–water partition coefficient (Wildman–Crippen LogP) is 32.6. The van der Waals surface area contributed by atoms with Crippen molar-refractivity contribution in [2.45, 2.75) is 0 Å². The summed E-state index contributed by atoms with van der Waals surface area (Å²) in [6, 6.07) is 182. The first kappa shape index (κ1) is 75.0. The number of nitrogens with zero attached hydrogens (tertiary/aromatic N) is 6. The molecule has 0 saturated heterocycles.